The van der Waals surface area contributed by atoms with Crippen LogP contribution in [0.4, 0.5) is 0 Å². The Labute approximate surface area is 140 Å². The minimum absolute atomic E-state index is 0.0172. The van der Waals surface area contributed by atoms with Crippen molar-refractivity contribution in [2.75, 3.05) is 7.11 Å². The fourth-order valence-electron chi connectivity index (χ4n) is 2.02. The lowest BCUT2D eigenvalue weighted by atomic mass is 10.2. The highest BCUT2D eigenvalue weighted by Crippen LogP contribution is 2.30. The summed E-state index contributed by atoms with van der Waals surface area (Å²) in [5.74, 6) is 0.396. The molecule has 2 aromatic heterocycles. The molecule has 0 bridgehead atoms. The molecule has 0 saturated heterocycles. The Morgan fingerprint density at radius 3 is 2.91 bits per heavy atom. The predicted molar refractivity (Wildman–Crippen MR) is 90.3 cm³/mol. The smallest absolute Gasteiger partial charge is 0.275 e. The fourth-order valence-corrected chi connectivity index (χ4v) is 3.16. The van der Waals surface area contributed by atoms with Crippen molar-refractivity contribution in [3.63, 3.8) is 0 Å². The topological polar surface area (TPSA) is 76.7 Å². The quantitative estimate of drug-likeness (QED) is 0.786. The molecule has 118 valence electrons. The van der Waals surface area contributed by atoms with E-state index in [9.17, 15) is 9.90 Å². The summed E-state index contributed by atoms with van der Waals surface area (Å²) in [4.78, 5) is 16.6. The summed E-state index contributed by atoms with van der Waals surface area (Å²) >= 11 is 7.50. The predicted octanol–water partition coefficient (Wildman–Crippen LogP) is 2.91. The molecule has 3 rings (SSSR count). The van der Waals surface area contributed by atoms with E-state index < -0.39 is 0 Å². The maximum absolute atomic E-state index is 11.9. The van der Waals surface area contributed by atoms with Crippen LogP contribution in [0.2, 0.25) is 0 Å². The van der Waals surface area contributed by atoms with E-state index in [2.05, 4.69) is 10.1 Å². The number of aromatic hydroxyl groups is 1. The normalized spacial score (nSPS) is 11.9. The molecule has 0 amide bonds. The second kappa shape index (κ2) is 6.02. The molecule has 0 aliphatic heterocycles. The summed E-state index contributed by atoms with van der Waals surface area (Å²) in [5.41, 5.74) is 1.07. The highest BCUT2D eigenvalue weighted by molar-refractivity contribution is 7.18. The van der Waals surface area contributed by atoms with Crippen molar-refractivity contribution in [2.24, 2.45) is 0 Å². The molecule has 8 heteroatoms. The van der Waals surface area contributed by atoms with Gasteiger partial charge in [-0.05, 0) is 30.7 Å². The Hall–Kier alpha value is -2.38. The molecule has 0 saturated carbocycles. The average Bonchev–Trinajstić information content (AvgIpc) is 2.92. The maximum atomic E-state index is 11.9. The third-order valence-corrected chi connectivity index (χ3v) is 4.42. The molecule has 1 aromatic carbocycles. The minimum atomic E-state index is -0.249. The van der Waals surface area contributed by atoms with E-state index in [0.717, 1.165) is 0 Å². The summed E-state index contributed by atoms with van der Waals surface area (Å²) in [6, 6.07) is 6.33. The van der Waals surface area contributed by atoms with Crippen molar-refractivity contribution in [2.45, 2.75) is 6.92 Å². The van der Waals surface area contributed by atoms with E-state index in [0.29, 0.717) is 32.0 Å². The standard InChI is InChI=1S/C15H12ClN3O3S/c1-8-5-13(21)19-15(17-8)23-14(18-19)10(16)6-9-3-4-12(22-2)11(20)7-9/h3-7,20H,1-2H3/b10-6-. The Balaban J connectivity index is 2.02. The van der Waals surface area contributed by atoms with Crippen LogP contribution in [-0.2, 0) is 0 Å². The van der Waals surface area contributed by atoms with E-state index >= 15 is 0 Å². The molecule has 6 nitrogen and oxygen atoms in total. The van der Waals surface area contributed by atoms with Crippen LogP contribution in [0.5, 0.6) is 11.5 Å². The highest BCUT2D eigenvalue weighted by atomic mass is 35.5. The molecule has 0 atom stereocenters. The van der Waals surface area contributed by atoms with Crippen molar-refractivity contribution in [1.82, 2.24) is 14.6 Å². The molecule has 3 aromatic rings. The summed E-state index contributed by atoms with van der Waals surface area (Å²) in [5, 5.41) is 14.8. The van der Waals surface area contributed by atoms with Crippen LogP contribution in [-0.4, -0.2) is 26.8 Å². The Morgan fingerprint density at radius 2 is 2.22 bits per heavy atom. The van der Waals surface area contributed by atoms with Crippen LogP contribution < -0.4 is 10.3 Å². The largest absolute Gasteiger partial charge is 0.504 e. The monoisotopic (exact) mass is 349 g/mol. The first-order valence-corrected chi connectivity index (χ1v) is 7.79. The number of fused-ring (bicyclic) bond motifs is 1. The highest BCUT2D eigenvalue weighted by Gasteiger charge is 2.11. The number of ether oxygens (including phenoxy) is 1. The first kappa shape index (κ1) is 15.5. The second-order valence-electron chi connectivity index (χ2n) is 4.76. The third-order valence-electron chi connectivity index (χ3n) is 3.07. The van der Waals surface area contributed by atoms with Gasteiger partial charge in [-0.25, -0.2) is 4.98 Å². The zero-order valence-electron chi connectivity index (χ0n) is 12.3. The van der Waals surface area contributed by atoms with Crippen molar-refractivity contribution >= 4 is 39.0 Å². The van der Waals surface area contributed by atoms with Crippen molar-refractivity contribution in [3.8, 4) is 11.5 Å². The van der Waals surface area contributed by atoms with Crippen LogP contribution >= 0.6 is 22.9 Å². The number of benzene rings is 1. The molecule has 0 radical (unpaired) electrons. The van der Waals surface area contributed by atoms with Gasteiger partial charge in [-0.3, -0.25) is 4.79 Å². The first-order chi connectivity index (χ1) is 11.0. The third kappa shape index (κ3) is 3.06. The molecule has 0 spiro atoms. The van der Waals surface area contributed by atoms with Crippen molar-refractivity contribution < 1.29 is 9.84 Å². The van der Waals surface area contributed by atoms with Crippen LogP contribution in [0.25, 0.3) is 16.1 Å². The fraction of sp³-hybridized carbons (Fsp3) is 0.133. The number of phenols is 1. The lowest BCUT2D eigenvalue weighted by molar-refractivity contribution is 0.373. The van der Waals surface area contributed by atoms with Gasteiger partial charge < -0.3 is 9.84 Å². The molecule has 2 heterocycles. The summed E-state index contributed by atoms with van der Waals surface area (Å²) in [7, 11) is 1.48. The van der Waals surface area contributed by atoms with Crippen LogP contribution in [0, 0.1) is 6.92 Å². The number of rotatable bonds is 3. The zero-order valence-corrected chi connectivity index (χ0v) is 13.9. The van der Waals surface area contributed by atoms with Gasteiger partial charge in [0.25, 0.3) is 5.56 Å². The van der Waals surface area contributed by atoms with E-state index in [1.807, 2.05) is 0 Å². The van der Waals surface area contributed by atoms with Gasteiger partial charge in [0, 0.05) is 11.8 Å². The van der Waals surface area contributed by atoms with Crippen LogP contribution in [0.3, 0.4) is 0 Å². The van der Waals surface area contributed by atoms with Crippen LogP contribution in [0.1, 0.15) is 16.3 Å². The van der Waals surface area contributed by atoms with E-state index in [1.54, 1.807) is 25.1 Å². The van der Waals surface area contributed by atoms with Gasteiger partial charge in [0.15, 0.2) is 16.5 Å². The van der Waals surface area contributed by atoms with Gasteiger partial charge in [-0.15, -0.1) is 0 Å². The van der Waals surface area contributed by atoms with E-state index in [-0.39, 0.29) is 11.3 Å². The molecule has 0 aliphatic rings. The number of phenolic OH excluding ortho intramolecular Hbond substituents is 1. The zero-order chi connectivity index (χ0) is 16.6. The molecule has 0 fully saturated rings. The van der Waals surface area contributed by atoms with E-state index in [4.69, 9.17) is 16.3 Å². The Bertz CT molecular complexity index is 978. The first-order valence-electron chi connectivity index (χ1n) is 6.60. The number of hydrogen-bond donors (Lipinski definition) is 1. The van der Waals surface area contributed by atoms with E-state index in [1.165, 1.54) is 35.1 Å². The molecule has 1 N–H and O–H groups in total. The number of halogens is 1. The van der Waals surface area contributed by atoms with Crippen LogP contribution in [0.15, 0.2) is 29.1 Å². The number of methoxy groups -OCH3 is 1. The lowest BCUT2D eigenvalue weighted by Gasteiger charge is -2.03. The summed E-state index contributed by atoms with van der Waals surface area (Å²) in [6.07, 6.45) is 1.65. The molecular weight excluding hydrogens is 338 g/mol. The lowest BCUT2D eigenvalue weighted by Crippen LogP contribution is -2.14. The second-order valence-corrected chi connectivity index (χ2v) is 6.12. The number of nitrogens with zero attached hydrogens (tertiary/aromatic N) is 3. The molecular formula is C15H12ClN3O3S. The molecule has 0 aliphatic carbocycles. The van der Waals surface area contributed by atoms with Gasteiger partial charge in [-0.2, -0.15) is 9.61 Å². The minimum Gasteiger partial charge on any atom is -0.504 e. The van der Waals surface area contributed by atoms with Gasteiger partial charge in [0.05, 0.1) is 12.1 Å². The summed E-state index contributed by atoms with van der Waals surface area (Å²) < 4.78 is 6.21. The molecule has 23 heavy (non-hydrogen) atoms. The molecule has 0 unspecified atom stereocenters. The SMILES string of the molecule is COc1ccc(/C=C(\Cl)c2nn3c(=O)cc(C)nc3s2)cc1O. The average molecular weight is 350 g/mol. The van der Waals surface area contributed by atoms with Crippen molar-refractivity contribution in [1.29, 1.82) is 0 Å². The number of aromatic nitrogens is 3. The van der Waals surface area contributed by atoms with Gasteiger partial charge in [0.1, 0.15) is 0 Å². The Morgan fingerprint density at radius 1 is 1.43 bits per heavy atom. The van der Waals surface area contributed by atoms with Gasteiger partial charge in [-0.1, -0.05) is 29.0 Å². The number of hydrogen-bond acceptors (Lipinski definition) is 6. The van der Waals surface area contributed by atoms with Crippen molar-refractivity contribution in [3.05, 3.63) is 50.9 Å². The van der Waals surface area contributed by atoms with Gasteiger partial charge in [0.2, 0.25) is 4.96 Å². The Kier molecular flexibility index (Phi) is 4.06. The number of aryl methyl sites for hydroxylation is 1. The summed E-state index contributed by atoms with van der Waals surface area (Å²) in [6.45, 7) is 1.75. The van der Waals surface area contributed by atoms with Gasteiger partial charge >= 0.3 is 0 Å². The maximum Gasteiger partial charge on any atom is 0.275 e.